The number of nitroso groups, excluding NO2 is 1. The van der Waals surface area contributed by atoms with E-state index in [1.54, 1.807) is 12.3 Å². The number of rotatable bonds is 1. The van der Waals surface area contributed by atoms with Crippen molar-refractivity contribution in [2.75, 3.05) is 0 Å². The van der Waals surface area contributed by atoms with Crippen molar-refractivity contribution in [1.29, 1.82) is 0 Å². The van der Waals surface area contributed by atoms with E-state index >= 15 is 0 Å². The maximum absolute atomic E-state index is 11.2. The van der Waals surface area contributed by atoms with Gasteiger partial charge in [0, 0.05) is 6.07 Å². The fraction of sp³-hybridized carbons (Fsp3) is 0. The molecule has 0 unspecified atom stereocenters. The maximum atomic E-state index is 11.2. The van der Waals surface area contributed by atoms with Crippen LogP contribution in [0.15, 0.2) is 35.9 Å². The quantitative estimate of drug-likeness (QED) is 0.372. The Morgan fingerprint density at radius 3 is 3.08 bits per heavy atom. The van der Waals surface area contributed by atoms with Crippen LogP contribution in [0.25, 0.3) is 10.9 Å². The Balaban J connectivity index is 2.81. The summed E-state index contributed by atoms with van der Waals surface area (Å²) in [5, 5.41) is 14.6. The molecule has 0 radical (unpaired) electrons. The fourth-order valence-electron chi connectivity index (χ4n) is 1.13. The highest BCUT2D eigenvalue weighted by molar-refractivity contribution is 5.77. The lowest BCUT2D eigenvalue weighted by Gasteiger charge is -2.02. The van der Waals surface area contributed by atoms with Crippen LogP contribution in [-0.2, 0) is 0 Å². The molecule has 0 aliphatic rings. The third-order valence-corrected chi connectivity index (χ3v) is 1.74. The van der Waals surface area contributed by atoms with Crippen molar-refractivity contribution < 1.29 is 4.73 Å². The lowest BCUT2D eigenvalue weighted by atomic mass is 10.2. The summed E-state index contributed by atoms with van der Waals surface area (Å²) in [7, 11) is 0. The Bertz CT molecular complexity index is 470. The molecule has 0 bridgehead atoms. The summed E-state index contributed by atoms with van der Waals surface area (Å²) >= 11 is 0. The minimum Gasteiger partial charge on any atom is -0.710 e. The summed E-state index contributed by atoms with van der Waals surface area (Å²) in [6.45, 7) is 0. The van der Waals surface area contributed by atoms with E-state index in [2.05, 4.69) is 10.2 Å². The standard InChI is InChI=1S/C8H5N3O2/c12-10-7-2-1-6-4-9-5-11(13)8(6)3-7/h1-5H. The summed E-state index contributed by atoms with van der Waals surface area (Å²) in [4.78, 5) is 13.9. The van der Waals surface area contributed by atoms with Crippen LogP contribution in [0.3, 0.4) is 0 Å². The zero-order valence-corrected chi connectivity index (χ0v) is 6.54. The molecule has 0 aliphatic heterocycles. The summed E-state index contributed by atoms with van der Waals surface area (Å²) in [6, 6.07) is 4.60. The summed E-state index contributed by atoms with van der Waals surface area (Å²) < 4.78 is 0.601. The molecule has 13 heavy (non-hydrogen) atoms. The second-order valence-corrected chi connectivity index (χ2v) is 2.55. The normalized spacial score (nSPS) is 10.2. The van der Waals surface area contributed by atoms with E-state index in [9.17, 15) is 10.1 Å². The van der Waals surface area contributed by atoms with E-state index in [0.717, 1.165) is 6.33 Å². The van der Waals surface area contributed by atoms with Gasteiger partial charge < -0.3 is 5.21 Å². The van der Waals surface area contributed by atoms with Crippen molar-refractivity contribution in [2.24, 2.45) is 5.18 Å². The molecule has 1 aromatic carbocycles. The van der Waals surface area contributed by atoms with Gasteiger partial charge in [-0.15, -0.1) is 4.91 Å². The predicted octanol–water partition coefficient (Wildman–Crippen LogP) is 1.27. The molecule has 0 spiro atoms. The van der Waals surface area contributed by atoms with Crippen molar-refractivity contribution in [3.05, 3.63) is 40.8 Å². The fourth-order valence-corrected chi connectivity index (χ4v) is 1.13. The van der Waals surface area contributed by atoms with Crippen LogP contribution in [0.4, 0.5) is 5.69 Å². The maximum Gasteiger partial charge on any atom is 0.289 e. The summed E-state index contributed by atoms with van der Waals surface area (Å²) in [5.41, 5.74) is 0.635. The second kappa shape index (κ2) is 2.78. The predicted molar refractivity (Wildman–Crippen MR) is 46.2 cm³/mol. The van der Waals surface area contributed by atoms with Crippen molar-refractivity contribution in [1.82, 2.24) is 4.98 Å². The van der Waals surface area contributed by atoms with Crippen molar-refractivity contribution in [3.8, 4) is 0 Å². The Morgan fingerprint density at radius 1 is 1.46 bits per heavy atom. The summed E-state index contributed by atoms with van der Waals surface area (Å²) in [5.74, 6) is 0. The highest BCUT2D eigenvalue weighted by Crippen LogP contribution is 2.16. The van der Waals surface area contributed by atoms with E-state index in [0.29, 0.717) is 15.6 Å². The third-order valence-electron chi connectivity index (χ3n) is 1.74. The molecule has 1 heterocycles. The Kier molecular flexibility index (Phi) is 1.63. The van der Waals surface area contributed by atoms with Gasteiger partial charge in [0.1, 0.15) is 11.2 Å². The van der Waals surface area contributed by atoms with E-state index in [4.69, 9.17) is 0 Å². The molecule has 2 rings (SSSR count). The van der Waals surface area contributed by atoms with Gasteiger partial charge in [-0.3, -0.25) is 0 Å². The largest absolute Gasteiger partial charge is 0.710 e. The average Bonchev–Trinajstić information content (AvgIpc) is 2.18. The van der Waals surface area contributed by atoms with Gasteiger partial charge in [0.25, 0.3) is 6.33 Å². The molecule has 5 heteroatoms. The molecular formula is C8H5N3O2. The second-order valence-electron chi connectivity index (χ2n) is 2.55. The molecular weight excluding hydrogens is 170 g/mol. The molecule has 2 aromatic rings. The van der Waals surface area contributed by atoms with Gasteiger partial charge in [-0.05, 0) is 17.3 Å². The average molecular weight is 175 g/mol. The lowest BCUT2D eigenvalue weighted by molar-refractivity contribution is -0.580. The van der Waals surface area contributed by atoms with Crippen molar-refractivity contribution in [3.63, 3.8) is 0 Å². The Hall–Kier alpha value is -2.04. The number of hydrogen-bond acceptors (Lipinski definition) is 4. The van der Waals surface area contributed by atoms with Gasteiger partial charge in [-0.1, -0.05) is 4.98 Å². The first-order valence-corrected chi connectivity index (χ1v) is 3.61. The molecule has 64 valence electrons. The molecule has 0 fully saturated rings. The number of benzene rings is 1. The van der Waals surface area contributed by atoms with Gasteiger partial charge in [0.2, 0.25) is 0 Å². The van der Waals surface area contributed by atoms with E-state index in [1.807, 2.05) is 0 Å². The minimum atomic E-state index is 0.239. The van der Waals surface area contributed by atoms with E-state index in [-0.39, 0.29) is 5.69 Å². The first-order valence-electron chi connectivity index (χ1n) is 3.61. The highest BCUT2D eigenvalue weighted by atomic mass is 16.5. The molecule has 0 N–H and O–H groups in total. The topological polar surface area (TPSA) is 69.3 Å². The first kappa shape index (κ1) is 7.60. The SMILES string of the molecule is O=Nc1ccc2cnc[n+]([O-])c2c1. The molecule has 1 aromatic heterocycles. The van der Waals surface area contributed by atoms with E-state index < -0.39 is 0 Å². The van der Waals surface area contributed by atoms with Gasteiger partial charge >= 0.3 is 0 Å². The van der Waals surface area contributed by atoms with Crippen molar-refractivity contribution >= 4 is 16.6 Å². The van der Waals surface area contributed by atoms with Crippen LogP contribution >= 0.6 is 0 Å². The molecule has 0 saturated heterocycles. The monoisotopic (exact) mass is 175 g/mol. The molecule has 0 aliphatic carbocycles. The van der Waals surface area contributed by atoms with Crippen molar-refractivity contribution in [2.45, 2.75) is 0 Å². The number of aromatic nitrogens is 2. The first-order chi connectivity index (χ1) is 6.31. The Labute approximate surface area is 73.2 Å². The number of fused-ring (bicyclic) bond motifs is 1. The molecule has 5 nitrogen and oxygen atoms in total. The number of nitrogens with zero attached hydrogens (tertiary/aromatic N) is 3. The smallest absolute Gasteiger partial charge is 0.289 e. The van der Waals surface area contributed by atoms with E-state index in [1.165, 1.54) is 12.1 Å². The third kappa shape index (κ3) is 1.20. The molecule has 0 saturated carbocycles. The van der Waals surface area contributed by atoms with Crippen LogP contribution in [-0.4, -0.2) is 4.98 Å². The lowest BCUT2D eigenvalue weighted by Crippen LogP contribution is -2.26. The van der Waals surface area contributed by atoms with Crippen LogP contribution in [0.1, 0.15) is 0 Å². The Morgan fingerprint density at radius 2 is 2.31 bits per heavy atom. The van der Waals surface area contributed by atoms with Crippen LogP contribution in [0.2, 0.25) is 0 Å². The molecule has 0 amide bonds. The minimum absolute atomic E-state index is 0.239. The van der Waals surface area contributed by atoms with Crippen LogP contribution in [0, 0.1) is 10.1 Å². The van der Waals surface area contributed by atoms with Gasteiger partial charge in [-0.2, -0.15) is 0 Å². The van der Waals surface area contributed by atoms with Gasteiger partial charge in [0.15, 0.2) is 6.20 Å². The molecule has 0 atom stereocenters. The van der Waals surface area contributed by atoms with Crippen LogP contribution in [0.5, 0.6) is 0 Å². The van der Waals surface area contributed by atoms with Crippen LogP contribution < -0.4 is 4.73 Å². The number of hydrogen-bond donors (Lipinski definition) is 0. The zero-order chi connectivity index (χ0) is 9.26. The van der Waals surface area contributed by atoms with Gasteiger partial charge in [0.05, 0.1) is 5.39 Å². The highest BCUT2D eigenvalue weighted by Gasteiger charge is 2.02. The zero-order valence-electron chi connectivity index (χ0n) is 6.54. The summed E-state index contributed by atoms with van der Waals surface area (Å²) in [6.07, 6.45) is 2.69. The van der Waals surface area contributed by atoms with Gasteiger partial charge in [-0.25, -0.2) is 4.73 Å².